The van der Waals surface area contributed by atoms with Gasteiger partial charge in [-0.05, 0) is 36.2 Å². The van der Waals surface area contributed by atoms with E-state index in [-0.39, 0.29) is 5.82 Å². The Kier molecular flexibility index (Phi) is 7.52. The van der Waals surface area contributed by atoms with Gasteiger partial charge in [-0.2, -0.15) is 0 Å². The maximum absolute atomic E-state index is 13.8. The summed E-state index contributed by atoms with van der Waals surface area (Å²) in [6, 6.07) is 12.5. The van der Waals surface area contributed by atoms with Crippen LogP contribution in [-0.4, -0.2) is 28.1 Å². The Morgan fingerprint density at radius 2 is 2.07 bits per heavy atom. The Hall–Kier alpha value is -3.00. The maximum atomic E-state index is 13.8. The lowest BCUT2D eigenvalue weighted by Crippen LogP contribution is -2.14. The maximum Gasteiger partial charge on any atom is 0.210 e. The highest BCUT2D eigenvalue weighted by Gasteiger charge is 2.09. The van der Waals surface area contributed by atoms with Gasteiger partial charge in [0.1, 0.15) is 18.8 Å². The van der Waals surface area contributed by atoms with Gasteiger partial charge in [-0.3, -0.25) is 0 Å². The molecule has 3 rings (SSSR count). The summed E-state index contributed by atoms with van der Waals surface area (Å²) in [5, 5.41) is 8.71. The molecule has 0 amide bonds. The average molecular weight is 415 g/mol. The van der Waals surface area contributed by atoms with Crippen molar-refractivity contribution in [3.8, 4) is 11.5 Å². The molecule has 1 aromatic heterocycles. The number of aromatic nitrogens is 3. The number of nitrogens with one attached hydrogen (secondary N) is 1. The van der Waals surface area contributed by atoms with Crippen molar-refractivity contribution >= 4 is 11.8 Å². The van der Waals surface area contributed by atoms with Gasteiger partial charge in [-0.1, -0.05) is 48.7 Å². The summed E-state index contributed by atoms with van der Waals surface area (Å²) in [5.74, 6) is 1.62. The Morgan fingerprint density at radius 1 is 1.21 bits per heavy atom. The molecule has 1 heterocycles. The van der Waals surface area contributed by atoms with E-state index < -0.39 is 0 Å². The molecule has 29 heavy (non-hydrogen) atoms. The van der Waals surface area contributed by atoms with E-state index in [9.17, 15) is 4.39 Å². The van der Waals surface area contributed by atoms with Crippen molar-refractivity contribution in [3.05, 3.63) is 78.4 Å². The quantitative estimate of drug-likeness (QED) is 0.370. The van der Waals surface area contributed by atoms with E-state index >= 15 is 0 Å². The Labute approximate surface area is 173 Å². The normalized spacial score (nSPS) is 10.6. The van der Waals surface area contributed by atoms with E-state index in [2.05, 4.69) is 22.2 Å². The monoisotopic (exact) mass is 414 g/mol. The largest absolute Gasteiger partial charge is 0.490 e. The van der Waals surface area contributed by atoms with Crippen LogP contribution >= 0.6 is 11.8 Å². The minimum atomic E-state index is -0.221. The second-order valence-corrected chi connectivity index (χ2v) is 6.95. The fourth-order valence-corrected chi connectivity index (χ4v) is 3.44. The third kappa shape index (κ3) is 5.74. The van der Waals surface area contributed by atoms with Gasteiger partial charge in [-0.15, -0.1) is 10.2 Å². The van der Waals surface area contributed by atoms with Crippen LogP contribution in [0.1, 0.15) is 18.1 Å². The topological polar surface area (TPSA) is 61.2 Å². The molecule has 0 atom stereocenters. The van der Waals surface area contributed by atoms with Crippen LogP contribution in [0.4, 0.5) is 4.39 Å². The Bertz CT molecular complexity index is 948. The molecule has 152 valence electrons. The van der Waals surface area contributed by atoms with Crippen LogP contribution in [0.15, 0.2) is 66.6 Å². The van der Waals surface area contributed by atoms with E-state index in [0.29, 0.717) is 47.7 Å². The van der Waals surface area contributed by atoms with Crippen molar-refractivity contribution < 1.29 is 13.9 Å². The summed E-state index contributed by atoms with van der Waals surface area (Å²) in [7, 11) is 0. The lowest BCUT2D eigenvalue weighted by molar-refractivity contribution is 0.296. The minimum Gasteiger partial charge on any atom is -0.490 e. The average Bonchev–Trinajstić information content (AvgIpc) is 3.18. The van der Waals surface area contributed by atoms with Gasteiger partial charge in [0.25, 0.3) is 0 Å². The first-order valence-electron chi connectivity index (χ1n) is 9.20. The fraction of sp³-hybridized carbons (Fsp3) is 0.238. The lowest BCUT2D eigenvalue weighted by atomic mass is 10.2. The SMILES string of the molecule is C=CCOc1ccc(CNn2cnnc2SCc2ccccc2F)cc1OCC. The Morgan fingerprint density at radius 3 is 2.86 bits per heavy atom. The van der Waals surface area contributed by atoms with Gasteiger partial charge < -0.3 is 14.9 Å². The fourth-order valence-electron chi connectivity index (χ4n) is 2.56. The zero-order valence-electron chi connectivity index (χ0n) is 16.2. The van der Waals surface area contributed by atoms with Crippen molar-refractivity contribution in [3.63, 3.8) is 0 Å². The number of hydrogen-bond acceptors (Lipinski definition) is 6. The van der Waals surface area contributed by atoms with Crippen LogP contribution in [0.25, 0.3) is 0 Å². The Balaban J connectivity index is 1.63. The first-order valence-corrected chi connectivity index (χ1v) is 10.2. The number of nitrogens with zero attached hydrogens (tertiary/aromatic N) is 3. The standard InChI is InChI=1S/C21H23FN4O2S/c1-3-11-28-19-10-9-16(12-20(19)27-4-2)13-24-26-15-23-25-21(26)29-14-17-7-5-6-8-18(17)22/h3,5-10,12,15,24H,1,4,11,13-14H2,2H3. The molecule has 0 saturated carbocycles. The van der Waals surface area contributed by atoms with Gasteiger partial charge in [0.05, 0.1) is 13.2 Å². The van der Waals surface area contributed by atoms with Crippen LogP contribution in [0.5, 0.6) is 11.5 Å². The predicted molar refractivity (Wildman–Crippen MR) is 112 cm³/mol. The summed E-state index contributed by atoms with van der Waals surface area (Å²) >= 11 is 1.41. The molecule has 0 aliphatic heterocycles. The molecule has 0 aliphatic rings. The number of halogens is 1. The van der Waals surface area contributed by atoms with E-state index in [4.69, 9.17) is 9.47 Å². The summed E-state index contributed by atoms with van der Waals surface area (Å²) in [6.45, 7) is 7.09. The van der Waals surface area contributed by atoms with E-state index in [1.165, 1.54) is 17.8 Å². The van der Waals surface area contributed by atoms with Gasteiger partial charge in [0, 0.05) is 5.75 Å². The second kappa shape index (κ2) is 10.5. The molecular formula is C21H23FN4O2S. The summed E-state index contributed by atoms with van der Waals surface area (Å²) < 4.78 is 26.8. The first-order chi connectivity index (χ1) is 14.2. The zero-order chi connectivity index (χ0) is 20.5. The number of rotatable bonds is 11. The van der Waals surface area contributed by atoms with Crippen molar-refractivity contribution in [2.75, 3.05) is 18.6 Å². The molecule has 0 aliphatic carbocycles. The predicted octanol–water partition coefficient (Wildman–Crippen LogP) is 4.42. The molecule has 0 bridgehead atoms. The molecule has 2 aromatic carbocycles. The van der Waals surface area contributed by atoms with E-state index in [1.807, 2.05) is 31.2 Å². The van der Waals surface area contributed by atoms with Crippen molar-refractivity contribution in [1.29, 1.82) is 0 Å². The number of ether oxygens (including phenoxy) is 2. The first kappa shape index (κ1) is 20.7. The van der Waals surface area contributed by atoms with Crippen LogP contribution in [0.2, 0.25) is 0 Å². The summed E-state index contributed by atoms with van der Waals surface area (Å²) in [6.07, 6.45) is 3.28. The van der Waals surface area contributed by atoms with Gasteiger partial charge in [0.2, 0.25) is 5.16 Å². The molecule has 0 spiro atoms. The molecule has 0 saturated heterocycles. The van der Waals surface area contributed by atoms with Crippen molar-refractivity contribution in [2.45, 2.75) is 24.4 Å². The molecule has 0 radical (unpaired) electrons. The highest BCUT2D eigenvalue weighted by Crippen LogP contribution is 2.29. The molecule has 0 unspecified atom stereocenters. The summed E-state index contributed by atoms with van der Waals surface area (Å²) in [5.41, 5.74) is 4.90. The molecular weight excluding hydrogens is 391 g/mol. The second-order valence-electron chi connectivity index (χ2n) is 6.01. The van der Waals surface area contributed by atoms with Crippen molar-refractivity contribution in [1.82, 2.24) is 14.9 Å². The molecule has 1 N–H and O–H groups in total. The third-order valence-corrected chi connectivity index (χ3v) is 4.94. The van der Waals surface area contributed by atoms with E-state index in [0.717, 1.165) is 5.56 Å². The van der Waals surface area contributed by atoms with Gasteiger partial charge in [0.15, 0.2) is 11.5 Å². The number of thioether (sulfide) groups is 1. The molecule has 6 nitrogen and oxygen atoms in total. The van der Waals surface area contributed by atoms with Crippen molar-refractivity contribution in [2.24, 2.45) is 0 Å². The molecule has 8 heteroatoms. The van der Waals surface area contributed by atoms with Gasteiger partial charge in [-0.25, -0.2) is 9.07 Å². The van der Waals surface area contributed by atoms with E-state index in [1.54, 1.807) is 29.2 Å². The number of hydrogen-bond donors (Lipinski definition) is 1. The van der Waals surface area contributed by atoms with Gasteiger partial charge >= 0.3 is 0 Å². The highest BCUT2D eigenvalue weighted by molar-refractivity contribution is 7.98. The van der Waals surface area contributed by atoms with Crippen LogP contribution in [0, 0.1) is 5.82 Å². The third-order valence-electron chi connectivity index (χ3n) is 3.95. The lowest BCUT2D eigenvalue weighted by Gasteiger charge is -2.14. The minimum absolute atomic E-state index is 0.221. The molecule has 3 aromatic rings. The molecule has 0 fully saturated rings. The van der Waals surface area contributed by atoms with Crippen LogP contribution < -0.4 is 14.9 Å². The number of benzene rings is 2. The van der Waals surface area contributed by atoms with Crippen LogP contribution in [0.3, 0.4) is 0 Å². The van der Waals surface area contributed by atoms with Crippen LogP contribution in [-0.2, 0) is 12.3 Å². The highest BCUT2D eigenvalue weighted by atomic mass is 32.2. The zero-order valence-corrected chi connectivity index (χ0v) is 17.0. The smallest absolute Gasteiger partial charge is 0.210 e. The summed E-state index contributed by atoms with van der Waals surface area (Å²) in [4.78, 5) is 0.